The molecule has 262 valence electrons. The van der Waals surface area contributed by atoms with E-state index in [0.717, 1.165) is 22.7 Å². The predicted octanol–water partition coefficient (Wildman–Crippen LogP) is 15.0. The highest BCUT2D eigenvalue weighted by molar-refractivity contribution is 6.21. The molecule has 0 unspecified atom stereocenters. The molecule has 0 radical (unpaired) electrons. The lowest BCUT2D eigenvalue weighted by Gasteiger charge is -2.28. The molecule has 0 aliphatic heterocycles. The van der Waals surface area contributed by atoms with Crippen molar-refractivity contribution in [1.29, 1.82) is 0 Å². The minimum atomic E-state index is 1.10. The molecule has 10 aromatic carbocycles. The quantitative estimate of drug-likeness (QED) is 0.167. The fraction of sp³-hybridized carbons (Fsp3) is 0. The lowest BCUT2D eigenvalue weighted by molar-refractivity contribution is 1.18. The minimum Gasteiger partial charge on any atom is -0.309 e. The first kappa shape index (κ1) is 32.0. The Morgan fingerprint density at radius 2 is 0.911 bits per heavy atom. The molecule has 0 saturated carbocycles. The van der Waals surface area contributed by atoms with Crippen LogP contribution >= 0.6 is 0 Å². The number of hydrogen-bond acceptors (Lipinski definition) is 1. The molecule has 0 bridgehead atoms. The number of aromatic nitrogens is 1. The Hall–Kier alpha value is -7.42. The van der Waals surface area contributed by atoms with Gasteiger partial charge in [-0.3, -0.25) is 0 Å². The van der Waals surface area contributed by atoms with E-state index in [1.54, 1.807) is 0 Å². The fourth-order valence-corrected chi connectivity index (χ4v) is 8.68. The lowest BCUT2D eigenvalue weighted by Crippen LogP contribution is -2.11. The summed E-state index contributed by atoms with van der Waals surface area (Å²) in [5.41, 5.74) is 11.6. The van der Waals surface area contributed by atoms with E-state index in [1.165, 1.54) is 76.4 Å². The van der Waals surface area contributed by atoms with E-state index in [9.17, 15) is 0 Å². The number of benzene rings is 10. The maximum Gasteiger partial charge on any atom is 0.0640 e. The second kappa shape index (κ2) is 13.2. The molecule has 0 atom stereocenters. The Balaban J connectivity index is 1.21. The molecule has 0 saturated heterocycles. The van der Waals surface area contributed by atoms with E-state index in [2.05, 4.69) is 228 Å². The van der Waals surface area contributed by atoms with Crippen LogP contribution in [0.15, 0.2) is 218 Å². The molecule has 0 aliphatic carbocycles. The zero-order chi connectivity index (χ0) is 37.0. The molecule has 1 aromatic heterocycles. The van der Waals surface area contributed by atoms with Gasteiger partial charge in [0.1, 0.15) is 0 Å². The van der Waals surface area contributed by atoms with Crippen LogP contribution in [-0.4, -0.2) is 4.57 Å². The minimum absolute atomic E-state index is 1.10. The average molecular weight is 713 g/mol. The largest absolute Gasteiger partial charge is 0.309 e. The lowest BCUT2D eigenvalue weighted by atomic mass is 9.96. The first-order valence-corrected chi connectivity index (χ1v) is 19.3. The number of hydrogen-bond donors (Lipinski definition) is 0. The highest BCUT2D eigenvalue weighted by Crippen LogP contribution is 2.48. The van der Waals surface area contributed by atoms with Gasteiger partial charge >= 0.3 is 0 Å². The van der Waals surface area contributed by atoms with Gasteiger partial charge in [0.05, 0.1) is 22.4 Å². The summed E-state index contributed by atoms with van der Waals surface area (Å²) in [6, 6.07) is 79.6. The summed E-state index contributed by atoms with van der Waals surface area (Å²) in [4.78, 5) is 2.47. The topological polar surface area (TPSA) is 8.17 Å². The fourth-order valence-electron chi connectivity index (χ4n) is 8.68. The van der Waals surface area contributed by atoms with Gasteiger partial charge in [-0.2, -0.15) is 0 Å². The van der Waals surface area contributed by atoms with Crippen molar-refractivity contribution in [3.8, 4) is 27.9 Å². The Bertz CT molecular complexity index is 3240. The summed E-state index contributed by atoms with van der Waals surface area (Å²) in [5.74, 6) is 0. The highest BCUT2D eigenvalue weighted by Gasteiger charge is 2.25. The third-order valence-electron chi connectivity index (χ3n) is 11.3. The van der Waals surface area contributed by atoms with Gasteiger partial charge in [0.25, 0.3) is 0 Å². The number of anilines is 3. The van der Waals surface area contributed by atoms with E-state index in [1.807, 2.05) is 0 Å². The third kappa shape index (κ3) is 5.26. The third-order valence-corrected chi connectivity index (χ3v) is 11.3. The van der Waals surface area contributed by atoms with Crippen molar-refractivity contribution < 1.29 is 0 Å². The molecule has 0 N–H and O–H groups in total. The normalized spacial score (nSPS) is 11.6. The van der Waals surface area contributed by atoms with Crippen molar-refractivity contribution in [3.63, 3.8) is 0 Å². The number of nitrogens with zero attached hydrogens (tertiary/aromatic N) is 2. The van der Waals surface area contributed by atoms with Crippen molar-refractivity contribution in [2.75, 3.05) is 4.90 Å². The monoisotopic (exact) mass is 712 g/mol. The molecule has 2 heteroatoms. The van der Waals surface area contributed by atoms with Gasteiger partial charge in [-0.05, 0) is 98.2 Å². The van der Waals surface area contributed by atoms with Crippen LogP contribution in [-0.2, 0) is 0 Å². The Morgan fingerprint density at radius 3 is 1.66 bits per heavy atom. The molecule has 1 heterocycles. The molecule has 0 fully saturated rings. The summed E-state index contributed by atoms with van der Waals surface area (Å²) in [7, 11) is 0. The van der Waals surface area contributed by atoms with Crippen LogP contribution in [0.4, 0.5) is 17.1 Å². The van der Waals surface area contributed by atoms with E-state index in [-0.39, 0.29) is 0 Å². The number of rotatable bonds is 6. The Morgan fingerprint density at radius 1 is 0.339 bits per heavy atom. The molecular formula is C54H36N2. The zero-order valence-corrected chi connectivity index (χ0v) is 30.7. The molecule has 56 heavy (non-hydrogen) atoms. The van der Waals surface area contributed by atoms with Crippen molar-refractivity contribution in [2.45, 2.75) is 0 Å². The van der Waals surface area contributed by atoms with Crippen LogP contribution in [0.5, 0.6) is 0 Å². The average Bonchev–Trinajstić information content (AvgIpc) is 3.62. The molecular weight excluding hydrogens is 677 g/mol. The number of fused-ring (bicyclic) bond motifs is 6. The summed E-state index contributed by atoms with van der Waals surface area (Å²) in [6.45, 7) is 0. The summed E-state index contributed by atoms with van der Waals surface area (Å²) in [5, 5.41) is 9.79. The van der Waals surface area contributed by atoms with E-state index in [0.29, 0.717) is 0 Å². The Labute approximate surface area is 325 Å². The molecule has 0 aliphatic rings. The first-order valence-electron chi connectivity index (χ1n) is 19.3. The van der Waals surface area contributed by atoms with Gasteiger partial charge in [-0.25, -0.2) is 0 Å². The zero-order valence-electron chi connectivity index (χ0n) is 30.7. The molecule has 0 spiro atoms. The van der Waals surface area contributed by atoms with E-state index < -0.39 is 0 Å². The van der Waals surface area contributed by atoms with Crippen molar-refractivity contribution >= 4 is 71.2 Å². The van der Waals surface area contributed by atoms with E-state index >= 15 is 0 Å². The van der Waals surface area contributed by atoms with Crippen LogP contribution in [0.2, 0.25) is 0 Å². The summed E-state index contributed by atoms with van der Waals surface area (Å²) in [6.07, 6.45) is 0. The second-order valence-corrected chi connectivity index (χ2v) is 14.5. The standard InChI is InChI=1S/C54H36N2/c1-2-19-45(20-3-1)56-51-23-11-10-22-49(51)53-52(34-33-48(54(53)56)44-28-26-38-14-5-7-17-42(38)36-44)55(50-24-12-18-40-15-8-9-21-47(40)50)46-31-29-39(30-32-46)43-27-25-37-13-4-6-16-41(37)35-43/h1-36H. The van der Waals surface area contributed by atoms with Crippen molar-refractivity contribution in [1.82, 2.24) is 4.57 Å². The Kier molecular flexibility index (Phi) is 7.53. The smallest absolute Gasteiger partial charge is 0.0640 e. The molecule has 11 rings (SSSR count). The first-order chi connectivity index (χ1) is 27.8. The maximum atomic E-state index is 2.47. The van der Waals surface area contributed by atoms with Gasteiger partial charge in [0.2, 0.25) is 0 Å². The van der Waals surface area contributed by atoms with Crippen LogP contribution < -0.4 is 4.90 Å². The molecule has 0 amide bonds. The van der Waals surface area contributed by atoms with Gasteiger partial charge in [0.15, 0.2) is 0 Å². The second-order valence-electron chi connectivity index (χ2n) is 14.5. The van der Waals surface area contributed by atoms with Gasteiger partial charge in [0, 0.05) is 33.1 Å². The molecule has 2 nitrogen and oxygen atoms in total. The van der Waals surface area contributed by atoms with Crippen LogP contribution in [0, 0.1) is 0 Å². The molecule has 11 aromatic rings. The van der Waals surface area contributed by atoms with E-state index in [4.69, 9.17) is 0 Å². The van der Waals surface area contributed by atoms with Gasteiger partial charge in [-0.1, -0.05) is 164 Å². The van der Waals surface area contributed by atoms with Crippen LogP contribution in [0.3, 0.4) is 0 Å². The maximum absolute atomic E-state index is 2.47. The van der Waals surface area contributed by atoms with Crippen molar-refractivity contribution in [2.24, 2.45) is 0 Å². The van der Waals surface area contributed by atoms with Crippen molar-refractivity contribution in [3.05, 3.63) is 218 Å². The SMILES string of the molecule is c1ccc(-n2c3ccccc3c3c(N(c4ccc(-c5ccc6ccccc6c5)cc4)c4cccc5ccccc45)ccc(-c4ccc5ccccc5c4)c32)cc1. The highest BCUT2D eigenvalue weighted by atomic mass is 15.1. The van der Waals surface area contributed by atoms with Gasteiger partial charge in [-0.15, -0.1) is 0 Å². The van der Waals surface area contributed by atoms with Crippen LogP contribution in [0.25, 0.3) is 82.1 Å². The summed E-state index contributed by atoms with van der Waals surface area (Å²) < 4.78 is 2.46. The summed E-state index contributed by atoms with van der Waals surface area (Å²) >= 11 is 0. The van der Waals surface area contributed by atoms with Crippen LogP contribution in [0.1, 0.15) is 0 Å². The number of para-hydroxylation sites is 2. The van der Waals surface area contributed by atoms with Gasteiger partial charge < -0.3 is 9.47 Å². The predicted molar refractivity (Wildman–Crippen MR) is 239 cm³/mol.